The molecule has 1 aromatic heterocycles. The minimum atomic E-state index is -0.320. The molecule has 1 atom stereocenters. The topological polar surface area (TPSA) is 52.3 Å². The van der Waals surface area contributed by atoms with Gasteiger partial charge < -0.3 is 10.5 Å². The summed E-state index contributed by atoms with van der Waals surface area (Å²) in [5.74, 6) is 0.221. The zero-order valence-electron chi connectivity index (χ0n) is 9.83. The second-order valence-electron chi connectivity index (χ2n) is 3.70. The van der Waals surface area contributed by atoms with E-state index in [9.17, 15) is 4.79 Å². The van der Waals surface area contributed by atoms with Gasteiger partial charge in [0.05, 0.1) is 6.04 Å². The second-order valence-corrected chi connectivity index (χ2v) is 4.48. The molecule has 0 unspecified atom stereocenters. The number of hydrogen-bond acceptors (Lipinski definition) is 4. The van der Waals surface area contributed by atoms with Crippen molar-refractivity contribution in [1.82, 2.24) is 0 Å². The smallest absolute Gasteiger partial charge is 0.308 e. The van der Waals surface area contributed by atoms with Crippen LogP contribution in [0.15, 0.2) is 41.1 Å². The van der Waals surface area contributed by atoms with Crippen molar-refractivity contribution < 1.29 is 9.53 Å². The van der Waals surface area contributed by atoms with E-state index in [-0.39, 0.29) is 24.4 Å². The molecular formula is C13H14ClNO2S. The highest BCUT2D eigenvalue weighted by molar-refractivity contribution is 7.08. The number of benzene rings is 1. The van der Waals surface area contributed by atoms with Gasteiger partial charge in [0.1, 0.15) is 5.75 Å². The Morgan fingerprint density at radius 1 is 1.22 bits per heavy atom. The van der Waals surface area contributed by atoms with Gasteiger partial charge in [-0.15, -0.1) is 12.4 Å². The molecule has 0 aliphatic heterocycles. The second kappa shape index (κ2) is 6.54. The average molecular weight is 284 g/mol. The fraction of sp³-hybridized carbons (Fsp3) is 0.154. The van der Waals surface area contributed by atoms with Crippen LogP contribution in [0.3, 0.4) is 0 Å². The van der Waals surface area contributed by atoms with Gasteiger partial charge in [-0.2, -0.15) is 11.3 Å². The predicted octanol–water partition coefficient (Wildman–Crippen LogP) is 3.14. The minimum absolute atomic E-state index is 0. The largest absolute Gasteiger partial charge is 0.427 e. The van der Waals surface area contributed by atoms with Crippen LogP contribution in [0.25, 0.3) is 0 Å². The van der Waals surface area contributed by atoms with Crippen LogP contribution < -0.4 is 10.5 Å². The molecule has 1 aromatic carbocycles. The Balaban J connectivity index is 0.00000162. The first kappa shape index (κ1) is 14.7. The first-order chi connectivity index (χ1) is 8.16. The van der Waals surface area contributed by atoms with Crippen LogP contribution in [0, 0.1) is 0 Å². The Labute approximate surface area is 116 Å². The fourth-order valence-corrected chi connectivity index (χ4v) is 2.25. The quantitative estimate of drug-likeness (QED) is 0.695. The lowest BCUT2D eigenvalue weighted by Crippen LogP contribution is -2.10. The highest BCUT2D eigenvalue weighted by atomic mass is 35.5. The van der Waals surface area contributed by atoms with Crippen LogP contribution in [0.2, 0.25) is 0 Å². The van der Waals surface area contributed by atoms with Crippen molar-refractivity contribution >= 4 is 29.7 Å². The number of carbonyl (C=O) groups is 1. The lowest BCUT2D eigenvalue weighted by molar-refractivity contribution is -0.131. The zero-order chi connectivity index (χ0) is 12.3. The molecular weight excluding hydrogens is 270 g/mol. The van der Waals surface area contributed by atoms with Gasteiger partial charge in [-0.05, 0) is 40.1 Å². The highest BCUT2D eigenvalue weighted by Gasteiger charge is 2.09. The molecule has 2 aromatic rings. The van der Waals surface area contributed by atoms with Gasteiger partial charge in [0.2, 0.25) is 0 Å². The summed E-state index contributed by atoms with van der Waals surface area (Å²) in [4.78, 5) is 10.8. The van der Waals surface area contributed by atoms with Crippen LogP contribution in [-0.2, 0) is 4.79 Å². The lowest BCUT2D eigenvalue weighted by Gasteiger charge is -2.10. The molecule has 2 rings (SSSR count). The number of carbonyl (C=O) groups excluding carboxylic acids is 1. The molecule has 96 valence electrons. The molecule has 0 fully saturated rings. The van der Waals surface area contributed by atoms with Gasteiger partial charge in [-0.1, -0.05) is 12.1 Å². The van der Waals surface area contributed by atoms with Gasteiger partial charge in [-0.25, -0.2) is 0 Å². The third-order valence-corrected chi connectivity index (χ3v) is 3.10. The number of halogens is 1. The highest BCUT2D eigenvalue weighted by Crippen LogP contribution is 2.23. The van der Waals surface area contributed by atoms with Crippen molar-refractivity contribution in [3.05, 3.63) is 52.2 Å². The molecule has 3 nitrogen and oxygen atoms in total. The maximum absolute atomic E-state index is 10.8. The number of rotatable bonds is 3. The number of thiophene rings is 1. The van der Waals surface area contributed by atoms with Crippen molar-refractivity contribution in [3.63, 3.8) is 0 Å². The van der Waals surface area contributed by atoms with Crippen molar-refractivity contribution in [2.45, 2.75) is 13.0 Å². The first-order valence-electron chi connectivity index (χ1n) is 5.23. The van der Waals surface area contributed by atoms with E-state index in [2.05, 4.69) is 0 Å². The van der Waals surface area contributed by atoms with Crippen LogP contribution in [0.5, 0.6) is 5.75 Å². The Kier molecular flexibility index (Phi) is 5.34. The molecule has 0 radical (unpaired) electrons. The predicted molar refractivity (Wildman–Crippen MR) is 75.3 cm³/mol. The van der Waals surface area contributed by atoms with E-state index in [0.717, 1.165) is 11.1 Å². The van der Waals surface area contributed by atoms with E-state index in [1.54, 1.807) is 23.5 Å². The molecule has 1 heterocycles. The molecule has 0 spiro atoms. The van der Waals surface area contributed by atoms with Crippen LogP contribution in [0.4, 0.5) is 0 Å². The normalized spacial score (nSPS) is 11.4. The Morgan fingerprint density at radius 2 is 1.89 bits per heavy atom. The number of ether oxygens (including phenoxy) is 1. The minimum Gasteiger partial charge on any atom is -0.427 e. The summed E-state index contributed by atoms with van der Waals surface area (Å²) in [5, 5.41) is 4.03. The van der Waals surface area contributed by atoms with Crippen molar-refractivity contribution in [2.75, 3.05) is 0 Å². The molecule has 0 saturated carbocycles. The fourth-order valence-electron chi connectivity index (χ4n) is 1.55. The standard InChI is InChI=1S/C13H13NO2S.ClH/c1-9(15)16-12-4-2-10(3-5-12)13(14)11-6-7-17-8-11;/h2-8,13H,14H2,1H3;1H/t13-;/m1./s1. The van der Waals surface area contributed by atoms with Crippen molar-refractivity contribution in [3.8, 4) is 5.75 Å². The number of esters is 1. The van der Waals surface area contributed by atoms with Gasteiger partial charge in [0.15, 0.2) is 0 Å². The van der Waals surface area contributed by atoms with E-state index >= 15 is 0 Å². The average Bonchev–Trinajstić information content (AvgIpc) is 2.82. The van der Waals surface area contributed by atoms with E-state index in [0.29, 0.717) is 5.75 Å². The maximum atomic E-state index is 10.8. The van der Waals surface area contributed by atoms with E-state index in [4.69, 9.17) is 10.5 Å². The van der Waals surface area contributed by atoms with Crippen LogP contribution in [0.1, 0.15) is 24.1 Å². The molecule has 0 amide bonds. The van der Waals surface area contributed by atoms with Crippen molar-refractivity contribution in [2.24, 2.45) is 5.73 Å². The van der Waals surface area contributed by atoms with E-state index in [1.807, 2.05) is 29.0 Å². The third kappa shape index (κ3) is 3.57. The lowest BCUT2D eigenvalue weighted by atomic mass is 10.0. The zero-order valence-corrected chi connectivity index (χ0v) is 11.5. The van der Waals surface area contributed by atoms with Gasteiger partial charge in [0.25, 0.3) is 0 Å². The monoisotopic (exact) mass is 283 g/mol. The van der Waals surface area contributed by atoms with Gasteiger partial charge >= 0.3 is 5.97 Å². The summed E-state index contributed by atoms with van der Waals surface area (Å²) in [6.07, 6.45) is 0. The summed E-state index contributed by atoms with van der Waals surface area (Å²) in [5.41, 5.74) is 8.20. The van der Waals surface area contributed by atoms with Gasteiger partial charge in [0, 0.05) is 6.92 Å². The third-order valence-electron chi connectivity index (χ3n) is 2.40. The summed E-state index contributed by atoms with van der Waals surface area (Å²) in [6, 6.07) is 9.13. The molecule has 5 heteroatoms. The maximum Gasteiger partial charge on any atom is 0.308 e. The molecule has 0 saturated heterocycles. The number of hydrogen-bond donors (Lipinski definition) is 1. The Hall–Kier alpha value is -1.36. The molecule has 0 aliphatic rings. The van der Waals surface area contributed by atoms with Crippen molar-refractivity contribution in [1.29, 1.82) is 0 Å². The van der Waals surface area contributed by atoms with Crippen LogP contribution >= 0.6 is 23.7 Å². The Bertz CT molecular complexity index is 496. The molecule has 0 aliphatic carbocycles. The van der Waals surface area contributed by atoms with E-state index < -0.39 is 0 Å². The summed E-state index contributed by atoms with van der Waals surface area (Å²) in [7, 11) is 0. The molecule has 2 N–H and O–H groups in total. The van der Waals surface area contributed by atoms with E-state index in [1.165, 1.54) is 6.92 Å². The molecule has 0 bridgehead atoms. The summed E-state index contributed by atoms with van der Waals surface area (Å²) < 4.78 is 4.96. The Morgan fingerprint density at radius 3 is 2.39 bits per heavy atom. The summed E-state index contributed by atoms with van der Waals surface area (Å²) in [6.45, 7) is 1.38. The first-order valence-corrected chi connectivity index (χ1v) is 6.17. The van der Waals surface area contributed by atoms with Crippen LogP contribution in [-0.4, -0.2) is 5.97 Å². The SMILES string of the molecule is CC(=O)Oc1ccc([C@@H](N)c2ccsc2)cc1.Cl. The van der Waals surface area contributed by atoms with Gasteiger partial charge in [-0.3, -0.25) is 4.79 Å². The number of nitrogens with two attached hydrogens (primary N) is 1. The summed E-state index contributed by atoms with van der Waals surface area (Å²) >= 11 is 1.62. The molecule has 18 heavy (non-hydrogen) atoms.